The summed E-state index contributed by atoms with van der Waals surface area (Å²) in [5.41, 5.74) is 0. The molecule has 0 aliphatic rings. The summed E-state index contributed by atoms with van der Waals surface area (Å²) in [5, 5.41) is 21.8. The van der Waals surface area contributed by atoms with Gasteiger partial charge in [-0.2, -0.15) is 0 Å². The van der Waals surface area contributed by atoms with Crippen molar-refractivity contribution < 1.29 is 47.8 Å². The molecule has 0 heterocycles. The first-order valence-electron chi connectivity index (χ1n) is 23.3. The van der Waals surface area contributed by atoms with Crippen molar-refractivity contribution in [2.45, 2.75) is 206 Å². The van der Waals surface area contributed by atoms with E-state index in [9.17, 15) is 34.1 Å². The van der Waals surface area contributed by atoms with E-state index in [1.54, 1.807) is 0 Å². The van der Waals surface area contributed by atoms with Gasteiger partial charge in [-0.05, 0) is 77.0 Å². The van der Waals surface area contributed by atoms with E-state index < -0.39 is 57.6 Å². The van der Waals surface area contributed by atoms with E-state index in [0.717, 1.165) is 77.0 Å². The fourth-order valence-corrected chi connectivity index (χ4v) is 6.96. The Balaban J connectivity index is 3.87. The Morgan fingerprint density at radius 1 is 0.550 bits per heavy atom. The highest BCUT2D eigenvalue weighted by Crippen LogP contribution is 2.43. The number of ether oxygens (including phenoxy) is 1. The fourth-order valence-electron chi connectivity index (χ4n) is 6.18. The molecular formula is C48H84NO10P. The van der Waals surface area contributed by atoms with E-state index in [1.807, 2.05) is 0 Å². The van der Waals surface area contributed by atoms with E-state index in [1.165, 1.54) is 77.0 Å². The van der Waals surface area contributed by atoms with Crippen LogP contribution in [0.2, 0.25) is 0 Å². The van der Waals surface area contributed by atoms with Gasteiger partial charge in [0.25, 0.3) is 0 Å². The third kappa shape index (κ3) is 41.9. The fraction of sp³-hybridized carbons (Fsp3) is 0.729. The van der Waals surface area contributed by atoms with Gasteiger partial charge in [0.2, 0.25) is 5.91 Å². The summed E-state index contributed by atoms with van der Waals surface area (Å²) >= 11 is 0. The number of unbranched alkanes of at least 4 members (excludes halogenated alkanes) is 19. The molecule has 0 aromatic rings. The summed E-state index contributed by atoms with van der Waals surface area (Å²) in [7, 11) is -4.77. The molecule has 1 amide bonds. The van der Waals surface area contributed by atoms with Crippen molar-refractivity contribution in [2.75, 3.05) is 19.8 Å². The maximum absolute atomic E-state index is 12.3. The molecule has 60 heavy (non-hydrogen) atoms. The van der Waals surface area contributed by atoms with E-state index in [2.05, 4.69) is 79.9 Å². The number of hydrogen-bond acceptors (Lipinski definition) is 8. The number of aliphatic hydroxyl groups excluding tert-OH is 1. The monoisotopic (exact) mass is 866 g/mol. The molecule has 0 radical (unpaired) electrons. The van der Waals surface area contributed by atoms with Gasteiger partial charge in [0, 0.05) is 12.8 Å². The van der Waals surface area contributed by atoms with Gasteiger partial charge in [-0.25, -0.2) is 9.36 Å². The lowest BCUT2D eigenvalue weighted by Gasteiger charge is -2.18. The smallest absolute Gasteiger partial charge is 0.472 e. The van der Waals surface area contributed by atoms with Crippen molar-refractivity contribution >= 4 is 25.7 Å². The third-order valence-electron chi connectivity index (χ3n) is 9.79. The number of amides is 1. The Morgan fingerprint density at radius 2 is 0.967 bits per heavy atom. The predicted octanol–water partition coefficient (Wildman–Crippen LogP) is 12.3. The zero-order valence-electron chi connectivity index (χ0n) is 37.5. The van der Waals surface area contributed by atoms with Crippen LogP contribution in [0.5, 0.6) is 0 Å². The van der Waals surface area contributed by atoms with E-state index in [0.29, 0.717) is 12.8 Å². The minimum absolute atomic E-state index is 0.124. The molecule has 0 aromatic heterocycles. The molecular weight excluding hydrogens is 781 g/mol. The minimum Gasteiger partial charge on any atom is -0.480 e. The first-order valence-corrected chi connectivity index (χ1v) is 24.8. The van der Waals surface area contributed by atoms with Crippen LogP contribution in [-0.4, -0.2) is 64.9 Å². The Bertz CT molecular complexity index is 1250. The summed E-state index contributed by atoms with van der Waals surface area (Å²) < 4.78 is 26.9. The van der Waals surface area contributed by atoms with Gasteiger partial charge in [-0.15, -0.1) is 0 Å². The van der Waals surface area contributed by atoms with Crippen molar-refractivity contribution in [2.24, 2.45) is 0 Å². The number of aliphatic hydroxyl groups is 1. The van der Waals surface area contributed by atoms with E-state index in [-0.39, 0.29) is 12.8 Å². The topological polar surface area (TPSA) is 169 Å². The predicted molar refractivity (Wildman–Crippen MR) is 245 cm³/mol. The zero-order valence-corrected chi connectivity index (χ0v) is 38.4. The van der Waals surface area contributed by atoms with Crippen LogP contribution in [0.25, 0.3) is 0 Å². The summed E-state index contributed by atoms with van der Waals surface area (Å²) in [6, 6.07) is -1.56. The highest BCUT2D eigenvalue weighted by atomic mass is 31.2. The lowest BCUT2D eigenvalue weighted by molar-refractivity contribution is -0.147. The Kier molecular flexibility index (Phi) is 40.8. The number of nitrogens with one attached hydrogen (secondary N) is 1. The Labute approximate surface area is 364 Å². The number of rotatable bonds is 43. The van der Waals surface area contributed by atoms with Gasteiger partial charge < -0.3 is 25.2 Å². The molecule has 0 aliphatic carbocycles. The molecule has 0 rings (SSSR count). The number of allylic oxidation sites excluding steroid dienone is 10. The number of esters is 1. The molecule has 0 fully saturated rings. The van der Waals surface area contributed by atoms with Crippen LogP contribution in [-0.2, 0) is 32.7 Å². The number of carbonyl (C=O) groups excluding carboxylic acids is 2. The highest BCUT2D eigenvalue weighted by molar-refractivity contribution is 7.47. The van der Waals surface area contributed by atoms with Crippen molar-refractivity contribution in [3.63, 3.8) is 0 Å². The number of carboxylic acids is 1. The van der Waals surface area contributed by atoms with Gasteiger partial charge in [0.05, 0.1) is 13.2 Å². The van der Waals surface area contributed by atoms with E-state index in [4.69, 9.17) is 13.8 Å². The lowest BCUT2D eigenvalue weighted by atomic mass is 10.0. The Hall–Kier alpha value is -2.82. The van der Waals surface area contributed by atoms with Gasteiger partial charge in [-0.1, -0.05) is 164 Å². The van der Waals surface area contributed by atoms with Crippen LogP contribution in [0.15, 0.2) is 60.8 Å². The number of phosphoric ester groups is 1. The van der Waals surface area contributed by atoms with Crippen LogP contribution in [0.1, 0.15) is 194 Å². The third-order valence-corrected chi connectivity index (χ3v) is 10.7. The number of phosphoric acid groups is 1. The summed E-state index contributed by atoms with van der Waals surface area (Å²) in [6.07, 6.45) is 49.6. The molecule has 0 aliphatic heterocycles. The molecule has 4 N–H and O–H groups in total. The second-order valence-corrected chi connectivity index (χ2v) is 17.0. The molecule has 11 nitrogen and oxygen atoms in total. The summed E-state index contributed by atoms with van der Waals surface area (Å²) in [5.74, 6) is -2.40. The molecule has 346 valence electrons. The van der Waals surface area contributed by atoms with Gasteiger partial charge >= 0.3 is 19.8 Å². The average molecular weight is 866 g/mol. The Morgan fingerprint density at radius 3 is 1.45 bits per heavy atom. The second-order valence-electron chi connectivity index (χ2n) is 15.6. The maximum atomic E-state index is 12.3. The molecule has 0 saturated heterocycles. The van der Waals surface area contributed by atoms with Crippen LogP contribution in [0.3, 0.4) is 0 Å². The molecule has 0 aromatic carbocycles. The quantitative estimate of drug-likeness (QED) is 0.0200. The van der Waals surface area contributed by atoms with E-state index >= 15 is 0 Å². The maximum Gasteiger partial charge on any atom is 0.472 e. The lowest BCUT2D eigenvalue weighted by Crippen LogP contribution is -2.43. The molecule has 0 spiro atoms. The number of aliphatic carboxylic acids is 1. The zero-order chi connectivity index (χ0) is 44.2. The van der Waals surface area contributed by atoms with Gasteiger partial charge in [0.15, 0.2) is 6.04 Å². The van der Waals surface area contributed by atoms with Crippen molar-refractivity contribution in [3.05, 3.63) is 60.8 Å². The summed E-state index contributed by atoms with van der Waals surface area (Å²) in [4.78, 5) is 46.0. The molecule has 3 atom stereocenters. The number of carboxylic acid groups (broad SMARTS) is 1. The van der Waals surface area contributed by atoms with Crippen molar-refractivity contribution in [3.8, 4) is 0 Å². The summed E-state index contributed by atoms with van der Waals surface area (Å²) in [6.45, 7) is 2.44. The first-order chi connectivity index (χ1) is 29.1. The average Bonchev–Trinajstić information content (AvgIpc) is 3.22. The SMILES string of the molecule is CC/C=C\C/C=C\C/C=C\CCCCCCCC(=O)NC(COP(=O)(O)OCC(O)COC(=O)CCCCCCCCCCCCC/C=C\C/C=C\CCCCC)C(=O)O. The largest absolute Gasteiger partial charge is 0.480 e. The molecule has 0 bridgehead atoms. The van der Waals surface area contributed by atoms with Crippen LogP contribution in [0, 0.1) is 0 Å². The molecule has 0 saturated carbocycles. The van der Waals surface area contributed by atoms with Crippen LogP contribution in [0.4, 0.5) is 0 Å². The van der Waals surface area contributed by atoms with Gasteiger partial charge in [-0.3, -0.25) is 18.6 Å². The molecule has 12 heteroatoms. The molecule has 3 unspecified atom stereocenters. The first kappa shape index (κ1) is 57.2. The minimum atomic E-state index is -4.77. The van der Waals surface area contributed by atoms with Crippen molar-refractivity contribution in [1.29, 1.82) is 0 Å². The normalized spacial score (nSPS) is 14.2. The number of hydrogen-bond donors (Lipinski definition) is 4. The second kappa shape index (κ2) is 42.9. The number of carbonyl (C=O) groups is 3. The highest BCUT2D eigenvalue weighted by Gasteiger charge is 2.28. The van der Waals surface area contributed by atoms with Crippen LogP contribution >= 0.6 is 7.82 Å². The van der Waals surface area contributed by atoms with Crippen molar-refractivity contribution in [1.82, 2.24) is 5.32 Å². The van der Waals surface area contributed by atoms with Crippen LogP contribution < -0.4 is 5.32 Å². The standard InChI is InChI=1S/C48H84NO10P/c1-3-5-7-9-11-13-15-17-19-20-21-22-23-24-26-28-30-32-34-36-38-40-47(52)57-41-44(50)42-58-60(55,56)59-43-45(48(53)54)49-46(51)39-37-35-33-31-29-27-25-18-16-14-12-10-8-6-4-2/h6,8,11-14,17-19,25,44-45,50H,3-5,7,9-10,15-16,20-24,26-43H2,1-2H3,(H,49,51)(H,53,54)(H,55,56)/b8-6-,13-11-,14-12-,19-17-,25-18-. The van der Waals surface area contributed by atoms with Gasteiger partial charge in [0.1, 0.15) is 12.7 Å².